The van der Waals surface area contributed by atoms with Gasteiger partial charge in [0, 0.05) is 13.1 Å². The lowest BCUT2D eigenvalue weighted by Gasteiger charge is -1.88. The highest BCUT2D eigenvalue weighted by molar-refractivity contribution is 5.28. The van der Waals surface area contributed by atoms with Crippen molar-refractivity contribution in [1.82, 2.24) is 4.98 Å². The van der Waals surface area contributed by atoms with E-state index >= 15 is 0 Å². The van der Waals surface area contributed by atoms with Gasteiger partial charge in [-0.2, -0.15) is 0 Å². The minimum atomic E-state index is -0.404. The van der Waals surface area contributed by atoms with Crippen LogP contribution in [0.1, 0.15) is 5.69 Å². The first-order valence-electron chi connectivity index (χ1n) is 2.73. The summed E-state index contributed by atoms with van der Waals surface area (Å²) in [6, 6.07) is 2.83. The van der Waals surface area contributed by atoms with E-state index in [-0.39, 0.29) is 5.69 Å². The number of rotatable bonds is 0. The van der Waals surface area contributed by atoms with Crippen molar-refractivity contribution < 1.29 is 4.39 Å². The fraction of sp³-hybridized carbons (Fsp3) is 0. The molecule has 0 fully saturated rings. The summed E-state index contributed by atoms with van der Waals surface area (Å²) in [7, 11) is 0. The van der Waals surface area contributed by atoms with Crippen LogP contribution in [0, 0.1) is 24.6 Å². The molecule has 1 heterocycles. The Labute approximate surface area is 58.9 Å². The molecule has 0 saturated heterocycles. The van der Waals surface area contributed by atoms with Crippen LogP contribution >= 0.6 is 0 Å². The lowest BCUT2D eigenvalue weighted by atomic mass is 10.3. The zero-order valence-corrected chi connectivity index (χ0v) is 5.26. The average Bonchev–Trinajstić information content (AvgIpc) is 1.94. The average molecular weight is 134 g/mol. The van der Waals surface area contributed by atoms with E-state index in [4.69, 9.17) is 0 Å². The SMILES string of the molecule is [CH2]C#Cc1ncccc1F. The molecule has 0 unspecified atom stereocenters. The summed E-state index contributed by atoms with van der Waals surface area (Å²) in [5.41, 5.74) is 0.150. The predicted molar refractivity (Wildman–Crippen MR) is 36.4 cm³/mol. The van der Waals surface area contributed by atoms with Crippen LogP contribution in [-0.4, -0.2) is 4.98 Å². The Morgan fingerprint density at radius 1 is 1.60 bits per heavy atom. The van der Waals surface area contributed by atoms with E-state index in [0.717, 1.165) is 0 Å². The smallest absolute Gasteiger partial charge is 0.157 e. The van der Waals surface area contributed by atoms with E-state index in [9.17, 15) is 4.39 Å². The molecule has 49 valence electrons. The molecular weight excluding hydrogens is 129 g/mol. The number of nitrogens with zero attached hydrogens (tertiary/aromatic N) is 1. The first kappa shape index (κ1) is 6.76. The van der Waals surface area contributed by atoms with Crippen LogP contribution in [-0.2, 0) is 0 Å². The van der Waals surface area contributed by atoms with E-state index < -0.39 is 5.82 Å². The van der Waals surface area contributed by atoms with E-state index in [2.05, 4.69) is 23.7 Å². The normalized spacial score (nSPS) is 8.20. The van der Waals surface area contributed by atoms with Gasteiger partial charge in [-0.1, -0.05) is 5.92 Å². The van der Waals surface area contributed by atoms with Gasteiger partial charge in [-0.05, 0) is 18.1 Å². The molecule has 1 aromatic rings. The highest BCUT2D eigenvalue weighted by Crippen LogP contribution is 1.98. The third-order valence-electron chi connectivity index (χ3n) is 0.965. The van der Waals surface area contributed by atoms with Crippen LogP contribution in [0.3, 0.4) is 0 Å². The van der Waals surface area contributed by atoms with Crippen molar-refractivity contribution in [3.8, 4) is 11.8 Å². The number of pyridine rings is 1. The standard InChI is InChI=1S/C8H5FN/c1-2-4-8-7(9)5-3-6-10-8/h3,5-6H,1H2. The van der Waals surface area contributed by atoms with Crippen LogP contribution in [0.15, 0.2) is 18.3 Å². The van der Waals surface area contributed by atoms with Crippen LogP contribution < -0.4 is 0 Å². The molecule has 0 saturated carbocycles. The maximum absolute atomic E-state index is 12.6. The van der Waals surface area contributed by atoms with Crippen molar-refractivity contribution in [3.05, 3.63) is 36.8 Å². The van der Waals surface area contributed by atoms with Crippen LogP contribution in [0.4, 0.5) is 4.39 Å². The third-order valence-corrected chi connectivity index (χ3v) is 0.965. The summed E-state index contributed by atoms with van der Waals surface area (Å²) < 4.78 is 12.6. The van der Waals surface area contributed by atoms with Gasteiger partial charge in [0.1, 0.15) is 5.69 Å². The number of halogens is 1. The Morgan fingerprint density at radius 3 is 3.00 bits per heavy atom. The molecule has 0 aliphatic carbocycles. The van der Waals surface area contributed by atoms with Gasteiger partial charge < -0.3 is 0 Å². The van der Waals surface area contributed by atoms with Crippen LogP contribution in [0.5, 0.6) is 0 Å². The van der Waals surface area contributed by atoms with Gasteiger partial charge in [-0.25, -0.2) is 9.37 Å². The first-order valence-corrected chi connectivity index (χ1v) is 2.73. The number of hydrogen-bond donors (Lipinski definition) is 0. The minimum absolute atomic E-state index is 0.150. The zero-order chi connectivity index (χ0) is 7.40. The maximum atomic E-state index is 12.6. The Hall–Kier alpha value is -1.36. The summed E-state index contributed by atoms with van der Waals surface area (Å²) in [6.45, 7) is 3.25. The van der Waals surface area contributed by atoms with Gasteiger partial charge in [0.25, 0.3) is 0 Å². The molecule has 1 radical (unpaired) electrons. The molecule has 0 N–H and O–H groups in total. The number of hydrogen-bond acceptors (Lipinski definition) is 1. The van der Waals surface area contributed by atoms with E-state index in [1.807, 2.05) is 0 Å². The second-order valence-electron chi connectivity index (χ2n) is 1.64. The molecule has 2 heteroatoms. The molecule has 0 aliphatic rings. The molecule has 0 aliphatic heterocycles. The summed E-state index contributed by atoms with van der Waals surface area (Å²) in [4.78, 5) is 3.68. The monoisotopic (exact) mass is 134 g/mol. The fourth-order valence-corrected chi connectivity index (χ4v) is 0.561. The molecule has 0 bridgehead atoms. The van der Waals surface area contributed by atoms with Crippen molar-refractivity contribution in [3.63, 3.8) is 0 Å². The second-order valence-corrected chi connectivity index (χ2v) is 1.64. The lowest BCUT2D eigenvalue weighted by molar-refractivity contribution is 0.617. The van der Waals surface area contributed by atoms with Gasteiger partial charge in [0.2, 0.25) is 0 Å². The lowest BCUT2D eigenvalue weighted by Crippen LogP contribution is -1.85. The van der Waals surface area contributed by atoms with Crippen molar-refractivity contribution in [1.29, 1.82) is 0 Å². The molecular formula is C8H5FN. The summed E-state index contributed by atoms with van der Waals surface area (Å²) >= 11 is 0. The summed E-state index contributed by atoms with van der Waals surface area (Å²) in [6.07, 6.45) is 1.49. The Morgan fingerprint density at radius 2 is 2.40 bits per heavy atom. The van der Waals surface area contributed by atoms with Crippen molar-refractivity contribution in [2.75, 3.05) is 0 Å². The Balaban J connectivity index is 3.11. The topological polar surface area (TPSA) is 12.9 Å². The first-order chi connectivity index (χ1) is 4.84. The molecule has 1 nitrogen and oxygen atoms in total. The van der Waals surface area contributed by atoms with Crippen LogP contribution in [0.2, 0.25) is 0 Å². The van der Waals surface area contributed by atoms with Gasteiger partial charge in [0.05, 0.1) is 0 Å². The third kappa shape index (κ3) is 1.32. The molecule has 0 atom stereocenters. The molecule has 0 spiro atoms. The minimum Gasteiger partial charge on any atom is -0.245 e. The Kier molecular flexibility index (Phi) is 2.01. The quantitative estimate of drug-likeness (QED) is 0.489. The van der Waals surface area contributed by atoms with E-state index in [1.54, 1.807) is 0 Å². The van der Waals surface area contributed by atoms with E-state index in [0.29, 0.717) is 0 Å². The largest absolute Gasteiger partial charge is 0.245 e. The fourth-order valence-electron chi connectivity index (χ4n) is 0.561. The van der Waals surface area contributed by atoms with Crippen LogP contribution in [0.25, 0.3) is 0 Å². The molecule has 1 rings (SSSR count). The molecule has 1 aromatic heterocycles. The maximum Gasteiger partial charge on any atom is 0.157 e. The van der Waals surface area contributed by atoms with Gasteiger partial charge in [-0.3, -0.25) is 0 Å². The zero-order valence-electron chi connectivity index (χ0n) is 5.26. The highest BCUT2D eigenvalue weighted by atomic mass is 19.1. The van der Waals surface area contributed by atoms with Crippen molar-refractivity contribution >= 4 is 0 Å². The van der Waals surface area contributed by atoms with Gasteiger partial charge >= 0.3 is 0 Å². The van der Waals surface area contributed by atoms with Gasteiger partial charge in [-0.15, -0.1) is 0 Å². The highest BCUT2D eigenvalue weighted by Gasteiger charge is 1.94. The Bertz CT molecular complexity index is 283. The van der Waals surface area contributed by atoms with Crippen molar-refractivity contribution in [2.24, 2.45) is 0 Å². The van der Waals surface area contributed by atoms with E-state index in [1.165, 1.54) is 18.3 Å². The van der Waals surface area contributed by atoms with Gasteiger partial charge in [0.15, 0.2) is 5.82 Å². The molecule has 0 aromatic carbocycles. The molecule has 10 heavy (non-hydrogen) atoms. The predicted octanol–water partition coefficient (Wildman–Crippen LogP) is 1.41. The van der Waals surface area contributed by atoms with Crippen molar-refractivity contribution in [2.45, 2.75) is 0 Å². The second kappa shape index (κ2) is 2.98. The summed E-state index contributed by atoms with van der Waals surface area (Å²) in [5.74, 6) is 4.35. The number of aromatic nitrogens is 1. The summed E-state index contributed by atoms with van der Waals surface area (Å²) in [5, 5.41) is 0. The molecule has 0 amide bonds.